The quantitative estimate of drug-likeness (QED) is 0.462. The average molecular weight is 350 g/mol. The number of hydrogen-bond donors (Lipinski definition) is 0. The highest BCUT2D eigenvalue weighted by atomic mass is 32.2. The molecule has 1 atom stereocenters. The van der Waals surface area contributed by atoms with Gasteiger partial charge in [0.05, 0.1) is 7.11 Å². The van der Waals surface area contributed by atoms with Gasteiger partial charge in [-0.1, -0.05) is 12.1 Å². The fourth-order valence-electron chi connectivity index (χ4n) is 2.01. The van der Waals surface area contributed by atoms with E-state index in [9.17, 15) is 21.6 Å². The van der Waals surface area contributed by atoms with Crippen LogP contribution in [0.3, 0.4) is 0 Å². The van der Waals surface area contributed by atoms with Crippen molar-refractivity contribution in [2.45, 2.75) is 17.8 Å². The molecule has 0 bridgehead atoms. The van der Waals surface area contributed by atoms with Crippen molar-refractivity contribution in [3.05, 3.63) is 48.4 Å². The van der Waals surface area contributed by atoms with Gasteiger partial charge in [-0.15, -0.1) is 6.58 Å². The van der Waals surface area contributed by atoms with Gasteiger partial charge in [0, 0.05) is 23.6 Å². The third-order valence-electron chi connectivity index (χ3n) is 3.06. The first-order chi connectivity index (χ1) is 10.7. The Morgan fingerprint density at radius 2 is 2.09 bits per heavy atom. The van der Waals surface area contributed by atoms with Crippen molar-refractivity contribution >= 4 is 10.1 Å². The summed E-state index contributed by atoms with van der Waals surface area (Å²) >= 11 is 0. The number of hydrogen-bond acceptors (Lipinski definition) is 5. The minimum Gasteiger partial charge on any atom is -0.497 e. The van der Waals surface area contributed by atoms with Crippen molar-refractivity contribution in [2.75, 3.05) is 7.11 Å². The van der Waals surface area contributed by atoms with Gasteiger partial charge in [-0.2, -0.15) is 21.6 Å². The maximum atomic E-state index is 12.4. The van der Waals surface area contributed by atoms with Crippen molar-refractivity contribution in [3.8, 4) is 11.5 Å². The molecule has 126 valence electrons. The molecule has 0 spiro atoms. The summed E-state index contributed by atoms with van der Waals surface area (Å²) in [5, 5.41) is 0. The third kappa shape index (κ3) is 3.61. The first-order valence-electron chi connectivity index (χ1n) is 6.37. The molecule has 1 aliphatic heterocycles. The van der Waals surface area contributed by atoms with Crippen LogP contribution in [0.1, 0.15) is 17.9 Å². The molecule has 1 heterocycles. The summed E-state index contributed by atoms with van der Waals surface area (Å²) in [5.74, 6) is -0.623. The Morgan fingerprint density at radius 3 is 2.65 bits per heavy atom. The first-order valence-corrected chi connectivity index (χ1v) is 7.78. The van der Waals surface area contributed by atoms with E-state index in [1.54, 1.807) is 18.2 Å². The molecule has 0 N–H and O–H groups in total. The Balaban J connectivity index is 2.38. The number of halogens is 3. The van der Waals surface area contributed by atoms with E-state index in [0.717, 1.165) is 0 Å². The van der Waals surface area contributed by atoms with Gasteiger partial charge in [0.1, 0.15) is 11.5 Å². The number of fused-ring (bicyclic) bond motifs is 1. The smallest absolute Gasteiger partial charge is 0.497 e. The molecule has 0 saturated carbocycles. The molecule has 23 heavy (non-hydrogen) atoms. The Morgan fingerprint density at radius 1 is 1.39 bits per heavy atom. The van der Waals surface area contributed by atoms with Gasteiger partial charge in [0.25, 0.3) is 5.95 Å². The van der Waals surface area contributed by atoms with E-state index in [1.165, 1.54) is 19.3 Å². The molecule has 0 amide bonds. The van der Waals surface area contributed by atoms with Gasteiger partial charge < -0.3 is 13.7 Å². The Hall–Kier alpha value is -2.16. The van der Waals surface area contributed by atoms with Crippen LogP contribution in [0, 0.1) is 0 Å². The summed E-state index contributed by atoms with van der Waals surface area (Å²) in [6.07, 6.45) is 3.08. The van der Waals surface area contributed by atoms with E-state index in [2.05, 4.69) is 10.8 Å². The van der Waals surface area contributed by atoms with Crippen molar-refractivity contribution in [1.82, 2.24) is 0 Å². The number of allylic oxidation sites excluding steroid dienone is 2. The Bertz CT molecular complexity index is 737. The van der Waals surface area contributed by atoms with E-state index >= 15 is 0 Å². The lowest BCUT2D eigenvalue weighted by atomic mass is 9.93. The highest BCUT2D eigenvalue weighted by molar-refractivity contribution is 7.87. The SMILES string of the molecule is C=CCC1C=C(OS(=O)(=O)C(F)(F)F)Oc2cc(OC)ccc21. The standard InChI is InChI=1S/C14H13F3O5S/c1-3-4-9-7-13(22-23(18,19)14(15,16)17)21-12-8-10(20-2)5-6-11(9)12/h3,5-9H,1,4H2,2H3. The summed E-state index contributed by atoms with van der Waals surface area (Å²) in [6.45, 7) is 3.57. The second kappa shape index (κ2) is 6.15. The van der Waals surface area contributed by atoms with Crippen molar-refractivity contribution < 1.29 is 35.2 Å². The highest BCUT2D eigenvalue weighted by Crippen LogP contribution is 2.40. The van der Waals surface area contributed by atoms with Crippen LogP contribution in [-0.2, 0) is 14.3 Å². The van der Waals surface area contributed by atoms with E-state index in [0.29, 0.717) is 17.7 Å². The van der Waals surface area contributed by atoms with E-state index in [4.69, 9.17) is 9.47 Å². The number of alkyl halides is 3. The highest BCUT2D eigenvalue weighted by Gasteiger charge is 2.49. The lowest BCUT2D eigenvalue weighted by Gasteiger charge is -2.24. The van der Waals surface area contributed by atoms with Crippen molar-refractivity contribution in [3.63, 3.8) is 0 Å². The van der Waals surface area contributed by atoms with Crippen LogP contribution < -0.4 is 9.47 Å². The molecular formula is C14H13F3O5S. The van der Waals surface area contributed by atoms with E-state index in [-0.39, 0.29) is 5.75 Å². The molecule has 0 aliphatic carbocycles. The Labute approximate surface area is 131 Å². The predicted molar refractivity (Wildman–Crippen MR) is 75.3 cm³/mol. The third-order valence-corrected chi connectivity index (χ3v) is 4.01. The van der Waals surface area contributed by atoms with Crippen LogP contribution in [0.5, 0.6) is 11.5 Å². The van der Waals surface area contributed by atoms with Gasteiger partial charge in [0.2, 0.25) is 0 Å². The molecule has 5 nitrogen and oxygen atoms in total. The van der Waals surface area contributed by atoms with E-state index < -0.39 is 27.5 Å². The zero-order chi connectivity index (χ0) is 17.3. The molecular weight excluding hydrogens is 337 g/mol. The lowest BCUT2D eigenvalue weighted by Crippen LogP contribution is -2.27. The molecule has 2 rings (SSSR count). The number of methoxy groups -OCH3 is 1. The van der Waals surface area contributed by atoms with Crippen molar-refractivity contribution in [2.24, 2.45) is 0 Å². The lowest BCUT2D eigenvalue weighted by molar-refractivity contribution is -0.0543. The fraction of sp³-hybridized carbons (Fsp3) is 0.286. The molecule has 0 saturated heterocycles. The minimum absolute atomic E-state index is 0.158. The number of rotatable bonds is 5. The molecule has 0 radical (unpaired) electrons. The molecule has 0 fully saturated rings. The van der Waals surface area contributed by atoms with Crippen LogP contribution in [0.25, 0.3) is 0 Å². The maximum Gasteiger partial charge on any atom is 0.534 e. The maximum absolute atomic E-state index is 12.4. The molecule has 1 aromatic rings. The first kappa shape index (κ1) is 17.2. The zero-order valence-corrected chi connectivity index (χ0v) is 12.8. The fourth-order valence-corrected chi connectivity index (χ4v) is 2.41. The molecule has 1 unspecified atom stereocenters. The second-order valence-corrected chi connectivity index (χ2v) is 6.14. The van der Waals surface area contributed by atoms with E-state index in [1.807, 2.05) is 0 Å². The zero-order valence-electron chi connectivity index (χ0n) is 12.0. The summed E-state index contributed by atoms with van der Waals surface area (Å²) in [4.78, 5) is 0. The summed E-state index contributed by atoms with van der Waals surface area (Å²) in [6, 6.07) is 4.76. The summed E-state index contributed by atoms with van der Waals surface area (Å²) in [7, 11) is -4.39. The number of ether oxygens (including phenoxy) is 2. The van der Waals surface area contributed by atoms with Gasteiger partial charge in [-0.05, 0) is 12.5 Å². The van der Waals surface area contributed by atoms with Crippen molar-refractivity contribution in [1.29, 1.82) is 0 Å². The van der Waals surface area contributed by atoms with Crippen LogP contribution in [0.2, 0.25) is 0 Å². The summed E-state index contributed by atoms with van der Waals surface area (Å²) < 4.78 is 73.7. The normalized spacial score (nSPS) is 17.6. The predicted octanol–water partition coefficient (Wildman–Crippen LogP) is 3.45. The monoisotopic (exact) mass is 350 g/mol. The van der Waals surface area contributed by atoms with Gasteiger partial charge in [-0.3, -0.25) is 0 Å². The van der Waals surface area contributed by atoms with Crippen LogP contribution in [-0.4, -0.2) is 21.0 Å². The van der Waals surface area contributed by atoms with Gasteiger partial charge in [-0.25, -0.2) is 0 Å². The molecule has 9 heteroatoms. The molecule has 1 aromatic carbocycles. The topological polar surface area (TPSA) is 61.8 Å². The molecule has 1 aliphatic rings. The number of benzene rings is 1. The largest absolute Gasteiger partial charge is 0.534 e. The summed E-state index contributed by atoms with van der Waals surface area (Å²) in [5.41, 5.74) is -4.89. The van der Waals surface area contributed by atoms with Crippen LogP contribution >= 0.6 is 0 Å². The second-order valence-electron chi connectivity index (χ2n) is 4.61. The molecule has 0 aromatic heterocycles. The van der Waals surface area contributed by atoms with Gasteiger partial charge in [0.15, 0.2) is 0 Å². The minimum atomic E-state index is -5.80. The average Bonchev–Trinajstić information content (AvgIpc) is 2.45. The van der Waals surface area contributed by atoms with Crippen LogP contribution in [0.4, 0.5) is 13.2 Å². The van der Waals surface area contributed by atoms with Gasteiger partial charge >= 0.3 is 15.6 Å². The van der Waals surface area contributed by atoms with Crippen LogP contribution in [0.15, 0.2) is 42.9 Å². The Kier molecular flexibility index (Phi) is 4.60.